The van der Waals surface area contributed by atoms with Crippen LogP contribution in [-0.4, -0.2) is 10.4 Å². The second-order valence-electron chi connectivity index (χ2n) is 6.11. The van der Waals surface area contributed by atoms with Crippen LogP contribution in [0.4, 0.5) is 0 Å². The van der Waals surface area contributed by atoms with E-state index in [9.17, 15) is 4.79 Å². The lowest BCUT2D eigenvalue weighted by atomic mass is 10.0. The second kappa shape index (κ2) is 5.92. The van der Waals surface area contributed by atoms with Crippen LogP contribution >= 0.6 is 0 Å². The molecule has 0 spiro atoms. The largest absolute Gasteiger partial charge is 0.342 e. The number of hydrogen-bond acceptors (Lipinski definition) is 2. The van der Waals surface area contributed by atoms with Crippen molar-refractivity contribution in [3.8, 4) is 17.2 Å². The topological polar surface area (TPSA) is 45.8 Å². The third-order valence-electron chi connectivity index (χ3n) is 4.70. The quantitative estimate of drug-likeness (QED) is 0.513. The molecule has 3 heteroatoms. The fraction of sp³-hybridized carbons (Fsp3) is 0.0909. The number of ketones is 1. The first kappa shape index (κ1) is 15.2. The van der Waals surface area contributed by atoms with Crippen molar-refractivity contribution in [2.24, 2.45) is 7.05 Å². The molecule has 0 saturated heterocycles. The number of hydrogen-bond donors (Lipinski definition) is 0. The molecular formula is C22H16N2O. The number of benzene rings is 2. The number of carbonyl (C=O) groups excluding carboxylic acids is 1. The Morgan fingerprint density at radius 1 is 0.960 bits per heavy atom. The van der Waals surface area contributed by atoms with Gasteiger partial charge >= 0.3 is 0 Å². The zero-order valence-electron chi connectivity index (χ0n) is 13.9. The van der Waals surface area contributed by atoms with E-state index < -0.39 is 0 Å². The summed E-state index contributed by atoms with van der Waals surface area (Å²) >= 11 is 0. The van der Waals surface area contributed by atoms with Crippen molar-refractivity contribution in [2.45, 2.75) is 6.42 Å². The van der Waals surface area contributed by atoms with Gasteiger partial charge in [0, 0.05) is 12.7 Å². The van der Waals surface area contributed by atoms with Crippen molar-refractivity contribution in [1.29, 1.82) is 5.26 Å². The third-order valence-corrected chi connectivity index (χ3v) is 4.70. The van der Waals surface area contributed by atoms with Gasteiger partial charge in [0.05, 0.1) is 11.8 Å². The molecule has 0 atom stereocenters. The van der Waals surface area contributed by atoms with E-state index in [1.165, 1.54) is 22.3 Å². The number of Topliss-reactive ketones (excluding diaryl/α,β-unsaturated/α-hetero) is 1. The van der Waals surface area contributed by atoms with E-state index in [2.05, 4.69) is 42.5 Å². The number of carbonyl (C=O) groups is 1. The fourth-order valence-corrected chi connectivity index (χ4v) is 3.47. The van der Waals surface area contributed by atoms with E-state index in [1.54, 1.807) is 6.07 Å². The van der Waals surface area contributed by atoms with Gasteiger partial charge in [-0.15, -0.1) is 0 Å². The SMILES string of the molecule is Cn1c(C=C2c3ccccc3-c3ccccc32)ccc1C(=O)CC#N. The summed E-state index contributed by atoms with van der Waals surface area (Å²) in [7, 11) is 1.86. The Bertz CT molecular complexity index is 1020. The maximum atomic E-state index is 12.0. The molecule has 0 fully saturated rings. The van der Waals surface area contributed by atoms with Crippen LogP contribution in [0.5, 0.6) is 0 Å². The van der Waals surface area contributed by atoms with E-state index in [1.807, 2.05) is 35.9 Å². The Balaban J connectivity index is 1.86. The maximum absolute atomic E-state index is 12.0. The summed E-state index contributed by atoms with van der Waals surface area (Å²) in [6.07, 6.45) is 2.02. The van der Waals surface area contributed by atoms with Crippen LogP contribution in [0.1, 0.15) is 33.7 Å². The Hall–Kier alpha value is -3.38. The first-order valence-corrected chi connectivity index (χ1v) is 8.17. The predicted octanol–water partition coefficient (Wildman–Crippen LogP) is 4.69. The van der Waals surface area contributed by atoms with Crippen molar-refractivity contribution < 1.29 is 4.79 Å². The Morgan fingerprint density at radius 3 is 2.08 bits per heavy atom. The average Bonchev–Trinajstić information content (AvgIpc) is 3.15. The molecule has 1 heterocycles. The first-order chi connectivity index (χ1) is 12.2. The van der Waals surface area contributed by atoms with Crippen LogP contribution in [0.15, 0.2) is 60.7 Å². The van der Waals surface area contributed by atoms with E-state index in [4.69, 9.17) is 5.26 Å². The molecule has 0 unspecified atom stereocenters. The average molecular weight is 324 g/mol. The minimum atomic E-state index is -0.151. The summed E-state index contributed by atoms with van der Waals surface area (Å²) < 4.78 is 1.86. The predicted molar refractivity (Wildman–Crippen MR) is 98.8 cm³/mol. The molecule has 0 amide bonds. The Kier molecular flexibility index (Phi) is 3.59. The van der Waals surface area contributed by atoms with Gasteiger partial charge in [-0.2, -0.15) is 5.26 Å². The zero-order valence-corrected chi connectivity index (χ0v) is 13.9. The minimum Gasteiger partial charge on any atom is -0.342 e. The molecule has 0 saturated carbocycles. The molecule has 0 aliphatic heterocycles. The standard InChI is InChI=1S/C22H16N2O/c1-24-15(10-11-21(24)22(25)12-13-23)14-20-18-8-4-2-6-16(18)17-7-3-5-9-19(17)20/h2-11,14H,12H2,1H3. The summed E-state index contributed by atoms with van der Waals surface area (Å²) in [6, 6.07) is 22.4. The molecule has 2 aromatic carbocycles. The van der Waals surface area contributed by atoms with Crippen molar-refractivity contribution in [2.75, 3.05) is 0 Å². The van der Waals surface area contributed by atoms with Crippen LogP contribution in [0.2, 0.25) is 0 Å². The number of fused-ring (bicyclic) bond motifs is 3. The van der Waals surface area contributed by atoms with Crippen LogP contribution in [0.3, 0.4) is 0 Å². The van der Waals surface area contributed by atoms with Gasteiger partial charge < -0.3 is 4.57 Å². The van der Waals surface area contributed by atoms with Crippen molar-refractivity contribution in [1.82, 2.24) is 4.57 Å². The van der Waals surface area contributed by atoms with Crippen molar-refractivity contribution in [3.63, 3.8) is 0 Å². The molecule has 1 aliphatic carbocycles. The molecular weight excluding hydrogens is 308 g/mol. The first-order valence-electron chi connectivity index (χ1n) is 8.17. The lowest BCUT2D eigenvalue weighted by Gasteiger charge is -2.06. The highest BCUT2D eigenvalue weighted by Crippen LogP contribution is 2.44. The normalized spacial score (nSPS) is 11.6. The molecule has 120 valence electrons. The molecule has 1 aromatic heterocycles. The number of rotatable bonds is 3. The lowest BCUT2D eigenvalue weighted by molar-refractivity contribution is 0.0990. The third kappa shape index (κ3) is 2.40. The molecule has 3 nitrogen and oxygen atoms in total. The summed E-state index contributed by atoms with van der Waals surface area (Å²) in [4.78, 5) is 12.0. The smallest absolute Gasteiger partial charge is 0.193 e. The van der Waals surface area contributed by atoms with Crippen molar-refractivity contribution in [3.05, 3.63) is 83.2 Å². The summed E-state index contributed by atoms with van der Waals surface area (Å²) in [5, 5.41) is 8.75. The number of nitriles is 1. The molecule has 4 rings (SSSR count). The van der Waals surface area contributed by atoms with Gasteiger partial charge in [0.15, 0.2) is 5.78 Å². The van der Waals surface area contributed by atoms with Gasteiger partial charge in [0.25, 0.3) is 0 Å². The number of nitrogens with zero attached hydrogens (tertiary/aromatic N) is 2. The lowest BCUT2D eigenvalue weighted by Crippen LogP contribution is -2.05. The molecule has 0 N–H and O–H groups in total. The monoisotopic (exact) mass is 324 g/mol. The van der Waals surface area contributed by atoms with E-state index >= 15 is 0 Å². The number of aromatic nitrogens is 1. The van der Waals surface area contributed by atoms with Crippen molar-refractivity contribution >= 4 is 17.4 Å². The van der Waals surface area contributed by atoms with Crippen LogP contribution in [-0.2, 0) is 7.05 Å². The van der Waals surface area contributed by atoms with Gasteiger partial charge in [-0.05, 0) is 46.0 Å². The van der Waals surface area contributed by atoms with E-state index in [-0.39, 0.29) is 12.2 Å². The maximum Gasteiger partial charge on any atom is 0.193 e. The van der Waals surface area contributed by atoms with E-state index in [0.29, 0.717) is 5.69 Å². The molecule has 0 radical (unpaired) electrons. The minimum absolute atomic E-state index is 0.0977. The summed E-state index contributed by atoms with van der Waals surface area (Å²) in [5.74, 6) is -0.151. The van der Waals surface area contributed by atoms with Gasteiger partial charge in [-0.3, -0.25) is 4.79 Å². The van der Waals surface area contributed by atoms with Crippen LogP contribution in [0.25, 0.3) is 22.8 Å². The Morgan fingerprint density at radius 2 is 1.52 bits per heavy atom. The van der Waals surface area contributed by atoms with Gasteiger partial charge in [0.2, 0.25) is 0 Å². The zero-order chi connectivity index (χ0) is 17.4. The summed E-state index contributed by atoms with van der Waals surface area (Å²) in [5.41, 5.74) is 7.55. The second-order valence-corrected chi connectivity index (χ2v) is 6.11. The fourth-order valence-electron chi connectivity index (χ4n) is 3.47. The summed E-state index contributed by atoms with van der Waals surface area (Å²) in [6.45, 7) is 0. The van der Waals surface area contributed by atoms with Crippen LogP contribution < -0.4 is 0 Å². The molecule has 25 heavy (non-hydrogen) atoms. The molecule has 1 aliphatic rings. The van der Waals surface area contributed by atoms with Gasteiger partial charge in [-0.25, -0.2) is 0 Å². The Labute approximate surface area is 146 Å². The highest BCUT2D eigenvalue weighted by molar-refractivity contribution is 6.06. The molecule has 0 bridgehead atoms. The van der Waals surface area contributed by atoms with Crippen LogP contribution in [0, 0.1) is 11.3 Å². The highest BCUT2D eigenvalue weighted by atomic mass is 16.1. The molecule has 3 aromatic rings. The van der Waals surface area contributed by atoms with Gasteiger partial charge in [-0.1, -0.05) is 48.5 Å². The van der Waals surface area contributed by atoms with Gasteiger partial charge in [0.1, 0.15) is 6.42 Å². The highest BCUT2D eigenvalue weighted by Gasteiger charge is 2.23. The van der Waals surface area contributed by atoms with E-state index in [0.717, 1.165) is 11.3 Å².